The summed E-state index contributed by atoms with van der Waals surface area (Å²) in [6.45, 7) is -0.159. The molecule has 0 unspecified atom stereocenters. The van der Waals surface area contributed by atoms with Gasteiger partial charge in [0, 0.05) is 5.56 Å². The fourth-order valence-corrected chi connectivity index (χ4v) is 3.08. The smallest absolute Gasteiger partial charge is 0.435 e. The zero-order valence-electron chi connectivity index (χ0n) is 16.6. The van der Waals surface area contributed by atoms with Crippen LogP contribution in [0.1, 0.15) is 5.69 Å². The fourth-order valence-electron chi connectivity index (χ4n) is 2.71. The number of ether oxygens (including phenoxy) is 2. The molecule has 0 radical (unpaired) electrons. The lowest BCUT2D eigenvalue weighted by Gasteiger charge is -2.10. The summed E-state index contributed by atoms with van der Waals surface area (Å²) in [6.07, 6.45) is -3.67. The summed E-state index contributed by atoms with van der Waals surface area (Å²) in [5.41, 5.74) is 0.143. The number of methoxy groups -OCH3 is 1. The Morgan fingerprint density at radius 3 is 2.13 bits per heavy atom. The lowest BCUT2D eigenvalue weighted by atomic mass is 10.1. The molecule has 0 spiro atoms. The molecule has 0 fully saturated rings. The highest BCUT2D eigenvalue weighted by molar-refractivity contribution is 7.85. The van der Waals surface area contributed by atoms with E-state index in [4.69, 9.17) is 9.47 Å². The van der Waals surface area contributed by atoms with Crippen LogP contribution in [0.2, 0.25) is 0 Å². The molecular formula is C20H19F3N2O5S. The van der Waals surface area contributed by atoms with Crippen LogP contribution in [-0.2, 0) is 20.5 Å². The molecule has 1 aromatic heterocycles. The van der Waals surface area contributed by atoms with Crippen molar-refractivity contribution >= 4 is 10.1 Å². The van der Waals surface area contributed by atoms with Gasteiger partial charge in [-0.1, -0.05) is 0 Å². The van der Waals surface area contributed by atoms with Crippen LogP contribution in [0.4, 0.5) is 13.2 Å². The number of nitrogens with zero attached hydrogens (tertiary/aromatic N) is 2. The van der Waals surface area contributed by atoms with Gasteiger partial charge in [0.25, 0.3) is 10.1 Å². The number of halogens is 3. The van der Waals surface area contributed by atoms with E-state index in [1.165, 1.54) is 11.8 Å². The standard InChI is InChI=1S/C20H19F3N2O5S/c1-28-16-9-5-15(6-10-16)25-18(13-19(24-25)20(21,22)23)14-3-7-17(8-4-14)29-11-12-30-31(2,26)27/h3-10,13H,11-12H2,1-2H3. The molecule has 0 aliphatic carbocycles. The minimum atomic E-state index is -4.60. The summed E-state index contributed by atoms with van der Waals surface area (Å²) in [4.78, 5) is 0. The summed E-state index contributed by atoms with van der Waals surface area (Å²) < 4.78 is 78.0. The van der Waals surface area contributed by atoms with Crippen molar-refractivity contribution in [2.24, 2.45) is 0 Å². The SMILES string of the molecule is COc1ccc(-n2nc(C(F)(F)F)cc2-c2ccc(OCCOS(C)(=O)=O)cc2)cc1. The van der Waals surface area contributed by atoms with Gasteiger partial charge in [-0.05, 0) is 54.6 Å². The van der Waals surface area contributed by atoms with E-state index in [9.17, 15) is 21.6 Å². The van der Waals surface area contributed by atoms with Gasteiger partial charge in [0.05, 0.1) is 24.7 Å². The maximum Gasteiger partial charge on any atom is 0.435 e. The van der Waals surface area contributed by atoms with Crippen LogP contribution in [0.3, 0.4) is 0 Å². The van der Waals surface area contributed by atoms with Gasteiger partial charge in [-0.2, -0.15) is 26.7 Å². The molecule has 0 bridgehead atoms. The van der Waals surface area contributed by atoms with Gasteiger partial charge in [0.2, 0.25) is 0 Å². The van der Waals surface area contributed by atoms with Gasteiger partial charge in [-0.3, -0.25) is 4.18 Å². The lowest BCUT2D eigenvalue weighted by molar-refractivity contribution is -0.141. The fraction of sp³-hybridized carbons (Fsp3) is 0.250. The van der Waals surface area contributed by atoms with E-state index in [1.807, 2.05) is 0 Å². The Bertz CT molecular complexity index is 1130. The predicted octanol–water partition coefficient (Wildman–Crippen LogP) is 3.92. The molecule has 0 saturated carbocycles. The van der Waals surface area contributed by atoms with Crippen LogP contribution in [0.15, 0.2) is 54.6 Å². The Balaban J connectivity index is 1.86. The van der Waals surface area contributed by atoms with E-state index in [-0.39, 0.29) is 18.9 Å². The molecule has 0 saturated heterocycles. The molecule has 1 heterocycles. The Hall–Kier alpha value is -3.05. The Labute approximate surface area is 177 Å². The van der Waals surface area contributed by atoms with Gasteiger partial charge in [0.15, 0.2) is 5.69 Å². The minimum Gasteiger partial charge on any atom is -0.497 e. The molecule has 2 aromatic carbocycles. The van der Waals surface area contributed by atoms with Gasteiger partial charge in [-0.15, -0.1) is 0 Å². The number of alkyl halides is 3. The second-order valence-electron chi connectivity index (χ2n) is 6.42. The number of benzene rings is 2. The molecule has 7 nitrogen and oxygen atoms in total. The zero-order chi connectivity index (χ0) is 22.6. The van der Waals surface area contributed by atoms with Crippen LogP contribution in [0, 0.1) is 0 Å². The average molecular weight is 456 g/mol. The zero-order valence-corrected chi connectivity index (χ0v) is 17.4. The molecule has 3 rings (SSSR count). The van der Waals surface area contributed by atoms with Crippen LogP contribution < -0.4 is 9.47 Å². The molecule has 3 aromatic rings. The molecule has 11 heteroatoms. The normalized spacial score (nSPS) is 12.0. The van der Waals surface area contributed by atoms with Gasteiger partial charge in [0.1, 0.15) is 24.7 Å². The minimum absolute atomic E-state index is 0.00554. The van der Waals surface area contributed by atoms with Crippen molar-refractivity contribution in [3.8, 4) is 28.4 Å². The first-order chi connectivity index (χ1) is 14.6. The quantitative estimate of drug-likeness (QED) is 0.378. The topological polar surface area (TPSA) is 79.7 Å². The van der Waals surface area contributed by atoms with Crippen LogP contribution in [0.25, 0.3) is 16.9 Å². The molecular weight excluding hydrogens is 437 g/mol. The van der Waals surface area contributed by atoms with Crippen LogP contribution in [0.5, 0.6) is 11.5 Å². The monoisotopic (exact) mass is 456 g/mol. The van der Waals surface area contributed by atoms with E-state index < -0.39 is 22.0 Å². The molecule has 0 amide bonds. The average Bonchev–Trinajstić information content (AvgIpc) is 3.17. The second kappa shape index (κ2) is 8.98. The molecule has 0 N–H and O–H groups in total. The Kier molecular flexibility index (Phi) is 6.56. The first kappa shape index (κ1) is 22.6. The van der Waals surface area contributed by atoms with Crippen molar-refractivity contribution in [3.05, 3.63) is 60.3 Å². The summed E-state index contributed by atoms with van der Waals surface area (Å²) >= 11 is 0. The van der Waals surface area contributed by atoms with E-state index in [0.717, 1.165) is 12.3 Å². The first-order valence-electron chi connectivity index (χ1n) is 8.96. The highest BCUT2D eigenvalue weighted by Crippen LogP contribution is 2.34. The summed E-state index contributed by atoms with van der Waals surface area (Å²) in [6, 6.07) is 13.7. The van der Waals surface area contributed by atoms with E-state index >= 15 is 0 Å². The highest BCUT2D eigenvalue weighted by atomic mass is 32.2. The highest BCUT2D eigenvalue weighted by Gasteiger charge is 2.35. The first-order valence-corrected chi connectivity index (χ1v) is 10.8. The third kappa shape index (κ3) is 5.98. The molecule has 166 valence electrons. The number of hydrogen-bond acceptors (Lipinski definition) is 6. The maximum absolute atomic E-state index is 13.3. The van der Waals surface area contributed by atoms with E-state index in [0.29, 0.717) is 22.7 Å². The molecule has 31 heavy (non-hydrogen) atoms. The van der Waals surface area contributed by atoms with Crippen molar-refractivity contribution in [3.63, 3.8) is 0 Å². The largest absolute Gasteiger partial charge is 0.497 e. The summed E-state index contributed by atoms with van der Waals surface area (Å²) in [5, 5.41) is 3.74. The maximum atomic E-state index is 13.3. The van der Waals surface area contributed by atoms with Crippen molar-refractivity contribution in [1.29, 1.82) is 0 Å². The molecule has 0 aliphatic rings. The van der Waals surface area contributed by atoms with Crippen LogP contribution in [-0.4, -0.2) is 44.8 Å². The van der Waals surface area contributed by atoms with Gasteiger partial charge in [-0.25, -0.2) is 4.68 Å². The molecule has 0 aliphatic heterocycles. The number of hydrogen-bond donors (Lipinski definition) is 0. The third-order valence-corrected chi connectivity index (χ3v) is 4.71. The molecule has 0 atom stereocenters. The van der Waals surface area contributed by atoms with Crippen LogP contribution >= 0.6 is 0 Å². The Morgan fingerprint density at radius 1 is 0.968 bits per heavy atom. The van der Waals surface area contributed by atoms with Crippen molar-refractivity contribution in [2.75, 3.05) is 26.6 Å². The van der Waals surface area contributed by atoms with E-state index in [2.05, 4.69) is 9.28 Å². The Morgan fingerprint density at radius 2 is 1.58 bits per heavy atom. The number of rotatable bonds is 8. The number of aromatic nitrogens is 2. The summed E-state index contributed by atoms with van der Waals surface area (Å²) in [7, 11) is -2.06. The third-order valence-electron chi connectivity index (χ3n) is 4.12. The predicted molar refractivity (Wildman–Crippen MR) is 107 cm³/mol. The van der Waals surface area contributed by atoms with Gasteiger partial charge >= 0.3 is 6.18 Å². The van der Waals surface area contributed by atoms with Crippen molar-refractivity contribution in [1.82, 2.24) is 9.78 Å². The lowest BCUT2D eigenvalue weighted by Crippen LogP contribution is -2.11. The van der Waals surface area contributed by atoms with Gasteiger partial charge < -0.3 is 9.47 Å². The second-order valence-corrected chi connectivity index (χ2v) is 8.07. The van der Waals surface area contributed by atoms with Crippen molar-refractivity contribution < 1.29 is 35.2 Å². The summed E-state index contributed by atoms with van der Waals surface area (Å²) in [5.74, 6) is 0.974. The van der Waals surface area contributed by atoms with E-state index in [1.54, 1.807) is 48.5 Å². The van der Waals surface area contributed by atoms with Crippen molar-refractivity contribution in [2.45, 2.75) is 6.18 Å².